The van der Waals surface area contributed by atoms with E-state index in [-0.39, 0.29) is 5.75 Å². The van der Waals surface area contributed by atoms with Crippen molar-refractivity contribution in [2.75, 3.05) is 13.7 Å². The third-order valence-electron chi connectivity index (χ3n) is 1.71. The van der Waals surface area contributed by atoms with Crippen molar-refractivity contribution >= 4 is 0 Å². The molecule has 1 aromatic rings. The minimum Gasteiger partial charge on any atom is -0.405 e. The molecule has 1 aromatic carbocycles. The number of benzene rings is 1. The van der Waals surface area contributed by atoms with Crippen molar-refractivity contribution in [1.29, 1.82) is 0 Å². The van der Waals surface area contributed by atoms with Crippen LogP contribution in [0.2, 0.25) is 0 Å². The summed E-state index contributed by atoms with van der Waals surface area (Å²) in [6, 6.07) is 6.76. The summed E-state index contributed by atoms with van der Waals surface area (Å²) in [4.78, 5) is 0. The second-order valence-electron chi connectivity index (χ2n) is 2.82. The average molecular weight is 219 g/mol. The molecule has 0 amide bonds. The van der Waals surface area contributed by atoms with Gasteiger partial charge < -0.3 is 9.47 Å². The summed E-state index contributed by atoms with van der Waals surface area (Å²) in [6.45, 7) is 0.345. The van der Waals surface area contributed by atoms with Crippen molar-refractivity contribution in [2.24, 2.45) is 0 Å². The lowest BCUT2D eigenvalue weighted by Crippen LogP contribution is -2.18. The Labute approximate surface area is 85.6 Å². The molecule has 0 saturated heterocycles. The first-order chi connectivity index (χ1) is 7.03. The van der Waals surface area contributed by atoms with Gasteiger partial charge in [-0.25, -0.2) is 0 Å². The summed E-state index contributed by atoms with van der Waals surface area (Å²) >= 11 is 0. The van der Waals surface area contributed by atoms with E-state index in [4.69, 9.17) is 4.74 Å². The van der Waals surface area contributed by atoms with E-state index in [1.165, 1.54) is 25.3 Å². The highest BCUT2D eigenvalue weighted by Crippen LogP contribution is 2.26. The number of methoxy groups -OCH3 is 1. The molecule has 0 atom stereocenters. The van der Waals surface area contributed by atoms with Crippen molar-refractivity contribution in [2.45, 2.75) is 12.8 Å². The maximum absolute atomic E-state index is 12.0. The largest absolute Gasteiger partial charge is 0.573 e. The first-order valence-electron chi connectivity index (χ1n) is 4.26. The molecule has 0 aliphatic rings. The van der Waals surface area contributed by atoms with Gasteiger partial charge in [0.05, 0.1) is 6.61 Å². The maximum Gasteiger partial charge on any atom is 0.573 e. The highest BCUT2D eigenvalue weighted by atomic mass is 19.4. The van der Waals surface area contributed by atoms with Crippen LogP contribution >= 0.6 is 0 Å². The molecule has 0 saturated carbocycles. The Morgan fingerprint density at radius 2 is 2.13 bits per heavy atom. The highest BCUT2D eigenvalue weighted by Gasteiger charge is 2.31. The maximum atomic E-state index is 12.0. The van der Waals surface area contributed by atoms with E-state index < -0.39 is 6.36 Å². The quantitative estimate of drug-likeness (QED) is 0.774. The molecule has 0 aromatic heterocycles. The fraction of sp³-hybridized carbons (Fsp3) is 0.400. The smallest absolute Gasteiger partial charge is 0.405 e. The standard InChI is InChI=1S/C10H10F3O2/c1-14-7-6-8-4-2-3-5-9(8)15-10(11,12)13/h2,4-5H,6-7H2,1H3. The van der Waals surface area contributed by atoms with Crippen molar-refractivity contribution in [3.05, 3.63) is 29.8 Å². The van der Waals surface area contributed by atoms with E-state index in [0.29, 0.717) is 18.6 Å². The fourth-order valence-corrected chi connectivity index (χ4v) is 1.09. The third kappa shape index (κ3) is 4.20. The van der Waals surface area contributed by atoms with Gasteiger partial charge in [-0.15, -0.1) is 13.2 Å². The lowest BCUT2D eigenvalue weighted by Gasteiger charge is -2.12. The van der Waals surface area contributed by atoms with E-state index in [1.54, 1.807) is 0 Å². The summed E-state index contributed by atoms with van der Waals surface area (Å²) in [5.74, 6) is -0.220. The average Bonchev–Trinajstić information content (AvgIpc) is 2.14. The Kier molecular flexibility index (Phi) is 3.96. The van der Waals surface area contributed by atoms with Crippen LogP contribution in [0, 0.1) is 6.07 Å². The van der Waals surface area contributed by atoms with E-state index in [1.807, 2.05) is 0 Å². The van der Waals surface area contributed by atoms with Gasteiger partial charge in [-0.05, 0) is 24.1 Å². The number of halogens is 3. The van der Waals surface area contributed by atoms with Crippen molar-refractivity contribution in [1.82, 2.24) is 0 Å². The van der Waals surface area contributed by atoms with Crippen LogP contribution in [0.3, 0.4) is 0 Å². The Bertz CT molecular complexity index is 310. The van der Waals surface area contributed by atoms with Gasteiger partial charge >= 0.3 is 6.36 Å². The summed E-state index contributed by atoms with van der Waals surface area (Å²) in [7, 11) is 1.49. The number of rotatable bonds is 4. The zero-order valence-corrected chi connectivity index (χ0v) is 8.10. The molecule has 0 aliphatic heterocycles. The van der Waals surface area contributed by atoms with Gasteiger partial charge in [0.1, 0.15) is 5.75 Å². The summed E-state index contributed by atoms with van der Waals surface area (Å²) in [6.07, 6.45) is -4.30. The van der Waals surface area contributed by atoms with Gasteiger partial charge in [-0.2, -0.15) is 0 Å². The molecular formula is C10H10F3O2. The van der Waals surface area contributed by atoms with E-state index in [2.05, 4.69) is 10.8 Å². The highest BCUT2D eigenvalue weighted by molar-refractivity contribution is 5.33. The zero-order valence-electron chi connectivity index (χ0n) is 8.10. The van der Waals surface area contributed by atoms with Crippen LogP contribution in [-0.2, 0) is 11.2 Å². The molecular weight excluding hydrogens is 209 g/mol. The van der Waals surface area contributed by atoms with E-state index in [0.717, 1.165) is 0 Å². The first-order valence-corrected chi connectivity index (χ1v) is 4.26. The molecule has 0 unspecified atom stereocenters. The van der Waals surface area contributed by atoms with Crippen LogP contribution in [0.15, 0.2) is 18.2 Å². The minimum atomic E-state index is -4.67. The Morgan fingerprint density at radius 1 is 1.40 bits per heavy atom. The van der Waals surface area contributed by atoms with Crippen LogP contribution in [0.25, 0.3) is 0 Å². The van der Waals surface area contributed by atoms with Crippen LogP contribution in [0.5, 0.6) is 5.75 Å². The topological polar surface area (TPSA) is 18.5 Å². The molecule has 0 N–H and O–H groups in total. The summed E-state index contributed by atoms with van der Waals surface area (Å²) in [5.41, 5.74) is 0.452. The fourth-order valence-electron chi connectivity index (χ4n) is 1.09. The molecule has 1 radical (unpaired) electrons. The number of ether oxygens (including phenoxy) is 2. The first kappa shape index (κ1) is 11.8. The number of hydrogen-bond donors (Lipinski definition) is 0. The molecule has 1 rings (SSSR count). The zero-order chi connectivity index (χ0) is 11.3. The van der Waals surface area contributed by atoms with E-state index >= 15 is 0 Å². The molecule has 0 heterocycles. The monoisotopic (exact) mass is 219 g/mol. The van der Waals surface area contributed by atoms with Gasteiger partial charge in [-0.3, -0.25) is 0 Å². The molecule has 0 fully saturated rings. The normalized spacial score (nSPS) is 11.5. The lowest BCUT2D eigenvalue weighted by atomic mass is 10.1. The predicted molar refractivity (Wildman–Crippen MR) is 47.5 cm³/mol. The van der Waals surface area contributed by atoms with Gasteiger partial charge in [0.25, 0.3) is 0 Å². The Balaban J connectivity index is 2.77. The van der Waals surface area contributed by atoms with Crippen LogP contribution in [0.4, 0.5) is 13.2 Å². The summed E-state index contributed by atoms with van der Waals surface area (Å²) < 4.78 is 44.6. The number of hydrogen-bond acceptors (Lipinski definition) is 2. The van der Waals surface area contributed by atoms with Gasteiger partial charge in [-0.1, -0.05) is 12.1 Å². The van der Waals surface area contributed by atoms with Crippen LogP contribution in [-0.4, -0.2) is 20.1 Å². The predicted octanol–water partition coefficient (Wildman–Crippen LogP) is 2.57. The summed E-state index contributed by atoms with van der Waals surface area (Å²) in [5, 5.41) is 0. The molecule has 83 valence electrons. The molecule has 0 aliphatic carbocycles. The van der Waals surface area contributed by atoms with Gasteiger partial charge in [0.2, 0.25) is 0 Å². The minimum absolute atomic E-state index is 0.220. The van der Waals surface area contributed by atoms with Crippen molar-refractivity contribution in [3.8, 4) is 5.75 Å². The second kappa shape index (κ2) is 5.02. The Morgan fingerprint density at radius 3 is 2.73 bits per heavy atom. The van der Waals surface area contributed by atoms with E-state index in [9.17, 15) is 13.2 Å². The SMILES string of the molecule is COCCc1cc[c]cc1OC(F)(F)F. The van der Waals surface area contributed by atoms with Gasteiger partial charge in [0, 0.05) is 7.11 Å². The molecule has 0 bridgehead atoms. The Hall–Kier alpha value is -1.23. The molecule has 15 heavy (non-hydrogen) atoms. The molecule has 0 spiro atoms. The lowest BCUT2D eigenvalue weighted by molar-refractivity contribution is -0.274. The van der Waals surface area contributed by atoms with Gasteiger partial charge in [0.15, 0.2) is 0 Å². The third-order valence-corrected chi connectivity index (χ3v) is 1.71. The van der Waals surface area contributed by atoms with Crippen molar-refractivity contribution in [3.63, 3.8) is 0 Å². The van der Waals surface area contributed by atoms with Crippen molar-refractivity contribution < 1.29 is 22.6 Å². The molecule has 5 heteroatoms. The van der Waals surface area contributed by atoms with Crippen LogP contribution < -0.4 is 4.74 Å². The number of alkyl halides is 3. The second-order valence-corrected chi connectivity index (χ2v) is 2.82. The van der Waals surface area contributed by atoms with Crippen LogP contribution in [0.1, 0.15) is 5.56 Å². The molecule has 2 nitrogen and oxygen atoms in total.